The molecule has 1 aliphatic carbocycles. The maximum Gasteiger partial charge on any atom is 0.0705 e. The minimum absolute atomic E-state index is 0.112. The van der Waals surface area contributed by atoms with Gasteiger partial charge in [0.1, 0.15) is 0 Å². The lowest BCUT2D eigenvalue weighted by atomic mass is 9.68. The van der Waals surface area contributed by atoms with Crippen molar-refractivity contribution in [2.75, 3.05) is 0 Å². The van der Waals surface area contributed by atoms with Crippen LogP contribution in [0.4, 0.5) is 0 Å². The molecule has 0 aliphatic heterocycles. The number of nitrogens with two attached hydrogens (primary N) is 1. The summed E-state index contributed by atoms with van der Waals surface area (Å²) in [6.45, 7) is 2.35. The predicted octanol–water partition coefficient (Wildman–Crippen LogP) is 4.21. The Morgan fingerprint density at radius 1 is 1.11 bits per heavy atom. The predicted molar refractivity (Wildman–Crippen MR) is 79.9 cm³/mol. The minimum Gasteiger partial charge on any atom is -0.323 e. The number of hydrogen-bond acceptors (Lipinski definition) is 2. The highest BCUT2D eigenvalue weighted by atomic mass is 14.7. The maximum absolute atomic E-state index is 6.64. The Morgan fingerprint density at radius 3 is 2.68 bits per heavy atom. The van der Waals surface area contributed by atoms with E-state index in [0.717, 1.165) is 5.52 Å². The molecular formula is C17H22N2. The third-order valence-electron chi connectivity index (χ3n) is 4.76. The Kier molecular flexibility index (Phi) is 3.28. The number of pyridine rings is 1. The lowest BCUT2D eigenvalue weighted by Crippen LogP contribution is -2.34. The number of rotatable bonds is 2. The second-order valence-corrected chi connectivity index (χ2v) is 6.11. The van der Waals surface area contributed by atoms with E-state index in [1.54, 1.807) is 0 Å². The van der Waals surface area contributed by atoms with Gasteiger partial charge in [-0.1, -0.05) is 44.4 Å². The Bertz CT molecular complexity index is 565. The highest BCUT2D eigenvalue weighted by molar-refractivity contribution is 5.82. The van der Waals surface area contributed by atoms with Gasteiger partial charge in [-0.05, 0) is 36.0 Å². The normalized spacial score (nSPS) is 20.3. The monoisotopic (exact) mass is 254 g/mol. The average Bonchev–Trinajstić information content (AvgIpc) is 2.47. The van der Waals surface area contributed by atoms with Gasteiger partial charge in [0.15, 0.2) is 0 Å². The highest BCUT2D eigenvalue weighted by Gasteiger charge is 2.34. The van der Waals surface area contributed by atoms with Crippen LogP contribution in [0, 0.1) is 5.41 Å². The molecule has 0 amide bonds. The summed E-state index contributed by atoms with van der Waals surface area (Å²) in [5, 5.41) is 1.21. The second kappa shape index (κ2) is 4.93. The molecule has 0 spiro atoms. The van der Waals surface area contributed by atoms with E-state index in [-0.39, 0.29) is 11.5 Å². The van der Waals surface area contributed by atoms with Gasteiger partial charge < -0.3 is 5.73 Å². The van der Waals surface area contributed by atoms with Crippen LogP contribution in [0.15, 0.2) is 36.5 Å². The third kappa shape index (κ3) is 2.25. The van der Waals surface area contributed by atoms with E-state index in [0.29, 0.717) is 0 Å². The first-order valence-electron chi connectivity index (χ1n) is 7.30. The van der Waals surface area contributed by atoms with Gasteiger partial charge in [0, 0.05) is 17.6 Å². The molecule has 1 unspecified atom stereocenters. The molecule has 1 heterocycles. The van der Waals surface area contributed by atoms with Crippen LogP contribution in [0.1, 0.15) is 50.6 Å². The molecule has 2 heteroatoms. The van der Waals surface area contributed by atoms with E-state index in [9.17, 15) is 0 Å². The average molecular weight is 254 g/mol. The molecule has 2 N–H and O–H groups in total. The van der Waals surface area contributed by atoms with Crippen LogP contribution in [0.3, 0.4) is 0 Å². The Morgan fingerprint density at radius 2 is 1.89 bits per heavy atom. The fourth-order valence-corrected chi connectivity index (χ4v) is 3.44. The summed E-state index contributed by atoms with van der Waals surface area (Å²) in [6.07, 6.45) is 8.31. The number of aromatic nitrogens is 1. The Balaban J connectivity index is 2.03. The lowest BCUT2D eigenvalue weighted by molar-refractivity contribution is 0.171. The zero-order chi connectivity index (χ0) is 13.3. The van der Waals surface area contributed by atoms with Crippen molar-refractivity contribution in [1.82, 2.24) is 4.98 Å². The third-order valence-corrected chi connectivity index (χ3v) is 4.76. The summed E-state index contributed by atoms with van der Waals surface area (Å²) in [7, 11) is 0. The standard InChI is InChI=1S/C17H22N2/c1-17(10-3-2-4-11-17)16(18)14-7-5-9-15-13(14)8-6-12-19-15/h5-9,12,16H,2-4,10-11,18H2,1H3. The molecule has 0 bridgehead atoms. The molecule has 19 heavy (non-hydrogen) atoms. The number of benzene rings is 1. The first-order chi connectivity index (χ1) is 9.21. The molecule has 0 radical (unpaired) electrons. The quantitative estimate of drug-likeness (QED) is 0.872. The number of hydrogen-bond donors (Lipinski definition) is 1. The van der Waals surface area contributed by atoms with E-state index in [4.69, 9.17) is 5.73 Å². The van der Waals surface area contributed by atoms with E-state index in [1.165, 1.54) is 43.1 Å². The topological polar surface area (TPSA) is 38.9 Å². The largest absolute Gasteiger partial charge is 0.323 e. The SMILES string of the molecule is CC1(C(N)c2cccc3ncccc23)CCCCC1. The van der Waals surface area contributed by atoms with Crippen molar-refractivity contribution in [3.63, 3.8) is 0 Å². The van der Waals surface area contributed by atoms with E-state index < -0.39 is 0 Å². The molecular weight excluding hydrogens is 232 g/mol. The Labute approximate surface area is 115 Å². The summed E-state index contributed by atoms with van der Waals surface area (Å²) < 4.78 is 0. The maximum atomic E-state index is 6.64. The summed E-state index contributed by atoms with van der Waals surface area (Å²) in [6, 6.07) is 10.6. The molecule has 1 fully saturated rings. The van der Waals surface area contributed by atoms with Gasteiger partial charge in [-0.15, -0.1) is 0 Å². The van der Waals surface area contributed by atoms with Crippen LogP contribution in [0.5, 0.6) is 0 Å². The van der Waals surface area contributed by atoms with Crippen molar-refractivity contribution < 1.29 is 0 Å². The molecule has 100 valence electrons. The molecule has 1 atom stereocenters. The van der Waals surface area contributed by atoms with Crippen molar-refractivity contribution in [2.45, 2.75) is 45.1 Å². The van der Waals surface area contributed by atoms with Gasteiger partial charge in [0.2, 0.25) is 0 Å². The second-order valence-electron chi connectivity index (χ2n) is 6.11. The molecule has 0 saturated heterocycles. The van der Waals surface area contributed by atoms with Crippen LogP contribution in [-0.2, 0) is 0 Å². The van der Waals surface area contributed by atoms with E-state index in [1.807, 2.05) is 12.3 Å². The molecule has 3 rings (SSSR count). The smallest absolute Gasteiger partial charge is 0.0705 e. The summed E-state index contributed by atoms with van der Waals surface area (Å²) in [4.78, 5) is 4.44. The van der Waals surface area contributed by atoms with E-state index >= 15 is 0 Å². The van der Waals surface area contributed by atoms with Crippen molar-refractivity contribution in [3.8, 4) is 0 Å². The van der Waals surface area contributed by atoms with Crippen LogP contribution in [0.2, 0.25) is 0 Å². The van der Waals surface area contributed by atoms with Crippen molar-refractivity contribution in [3.05, 3.63) is 42.1 Å². The van der Waals surface area contributed by atoms with Gasteiger partial charge in [0.25, 0.3) is 0 Å². The van der Waals surface area contributed by atoms with Gasteiger partial charge in [-0.3, -0.25) is 4.98 Å². The molecule has 1 saturated carbocycles. The van der Waals surface area contributed by atoms with Crippen molar-refractivity contribution in [2.24, 2.45) is 11.1 Å². The zero-order valence-electron chi connectivity index (χ0n) is 11.6. The van der Waals surface area contributed by atoms with Crippen LogP contribution in [-0.4, -0.2) is 4.98 Å². The molecule has 2 aromatic rings. The fraction of sp³-hybridized carbons (Fsp3) is 0.471. The fourth-order valence-electron chi connectivity index (χ4n) is 3.44. The molecule has 2 nitrogen and oxygen atoms in total. The summed E-state index contributed by atoms with van der Waals surface area (Å²) in [5.74, 6) is 0. The first-order valence-corrected chi connectivity index (χ1v) is 7.30. The summed E-state index contributed by atoms with van der Waals surface area (Å²) in [5.41, 5.74) is 9.19. The molecule has 1 aliphatic rings. The first kappa shape index (κ1) is 12.6. The van der Waals surface area contributed by atoms with Gasteiger partial charge in [-0.25, -0.2) is 0 Å². The van der Waals surface area contributed by atoms with Crippen LogP contribution < -0.4 is 5.73 Å². The molecule has 1 aromatic heterocycles. The molecule has 1 aromatic carbocycles. The van der Waals surface area contributed by atoms with Gasteiger partial charge in [0.05, 0.1) is 5.52 Å². The Hall–Kier alpha value is -1.41. The zero-order valence-corrected chi connectivity index (χ0v) is 11.6. The van der Waals surface area contributed by atoms with Crippen LogP contribution in [0.25, 0.3) is 10.9 Å². The van der Waals surface area contributed by atoms with Crippen molar-refractivity contribution >= 4 is 10.9 Å². The number of nitrogens with zero attached hydrogens (tertiary/aromatic N) is 1. The van der Waals surface area contributed by atoms with Crippen molar-refractivity contribution in [1.29, 1.82) is 0 Å². The van der Waals surface area contributed by atoms with Crippen LogP contribution >= 0.6 is 0 Å². The number of fused-ring (bicyclic) bond motifs is 1. The van der Waals surface area contributed by atoms with E-state index in [2.05, 4.69) is 36.2 Å². The summed E-state index contributed by atoms with van der Waals surface area (Å²) >= 11 is 0. The highest BCUT2D eigenvalue weighted by Crippen LogP contribution is 2.45. The lowest BCUT2D eigenvalue weighted by Gasteiger charge is -2.39. The van der Waals surface area contributed by atoms with Gasteiger partial charge >= 0.3 is 0 Å². The minimum atomic E-state index is 0.112. The van der Waals surface area contributed by atoms with Gasteiger partial charge in [-0.2, -0.15) is 0 Å².